The van der Waals surface area contributed by atoms with Crippen LogP contribution in [0.3, 0.4) is 0 Å². The van der Waals surface area contributed by atoms with E-state index in [2.05, 4.69) is 10.4 Å². The maximum Gasteiger partial charge on any atom is 0.414 e. The smallest absolute Gasteiger partial charge is 0.414 e. The second kappa shape index (κ2) is 10.2. The first-order chi connectivity index (χ1) is 15.5. The zero-order chi connectivity index (χ0) is 22.5. The third-order valence-corrected chi connectivity index (χ3v) is 6.31. The second-order valence-electron chi connectivity index (χ2n) is 7.40. The molecule has 4 rings (SSSR count). The van der Waals surface area contributed by atoms with Gasteiger partial charge in [-0.25, -0.2) is 14.6 Å². The molecule has 0 aliphatic carbocycles. The van der Waals surface area contributed by atoms with Gasteiger partial charge in [0.05, 0.1) is 30.2 Å². The first-order valence-electron chi connectivity index (χ1n) is 10.3. The summed E-state index contributed by atoms with van der Waals surface area (Å²) in [6.07, 6.45) is 2.48. The van der Waals surface area contributed by atoms with Gasteiger partial charge >= 0.3 is 6.09 Å². The lowest BCUT2D eigenvalue weighted by Crippen LogP contribution is -2.44. The van der Waals surface area contributed by atoms with Crippen molar-refractivity contribution in [2.24, 2.45) is 5.73 Å². The number of pyridine rings is 1. The molecule has 2 saturated heterocycles. The summed E-state index contributed by atoms with van der Waals surface area (Å²) >= 11 is 1.45. The Morgan fingerprint density at radius 3 is 2.78 bits per heavy atom. The lowest BCUT2D eigenvalue weighted by atomic mass is 10.2. The van der Waals surface area contributed by atoms with Crippen molar-refractivity contribution >= 4 is 35.1 Å². The van der Waals surface area contributed by atoms with Gasteiger partial charge in [-0.05, 0) is 30.3 Å². The molecule has 0 bridgehead atoms. The Morgan fingerprint density at radius 1 is 1.25 bits per heavy atom. The molecule has 3 heterocycles. The fraction of sp³-hybridized carbons (Fsp3) is 0.381. The molecule has 0 radical (unpaired) electrons. The van der Waals surface area contributed by atoms with Crippen molar-refractivity contribution in [1.29, 1.82) is 0 Å². The van der Waals surface area contributed by atoms with Crippen molar-refractivity contribution in [3.05, 3.63) is 48.5 Å². The van der Waals surface area contributed by atoms with E-state index in [9.17, 15) is 14.0 Å². The normalized spacial score (nSPS) is 19.1. The number of hydrogen-bond donors (Lipinski definition) is 2. The summed E-state index contributed by atoms with van der Waals surface area (Å²) in [7, 11) is 0. The number of halogens is 1. The van der Waals surface area contributed by atoms with Crippen LogP contribution in [0.1, 0.15) is 0 Å². The lowest BCUT2D eigenvalue weighted by Gasteiger charge is -2.24. The molecule has 0 spiro atoms. The standard InChI is InChI=1S/C21H25FN6O3S/c22-18-11-15(27-13-16(12-23)31-21(27)30)1-2-19(18)26-8-7-25-28(10-9-26)20(29)14-32-17-3-5-24-6-4-17/h1-6,11,16,25H,7-10,12-14,23H2/t16-/m0/s1. The Labute approximate surface area is 189 Å². The molecule has 2 amide bonds. The van der Waals surface area contributed by atoms with Gasteiger partial charge in [-0.3, -0.25) is 19.7 Å². The minimum absolute atomic E-state index is 0.0357. The van der Waals surface area contributed by atoms with E-state index < -0.39 is 11.9 Å². The van der Waals surface area contributed by atoms with Crippen molar-refractivity contribution in [2.75, 3.05) is 54.8 Å². The maximum absolute atomic E-state index is 14.9. The van der Waals surface area contributed by atoms with Crippen molar-refractivity contribution in [2.45, 2.75) is 11.0 Å². The van der Waals surface area contributed by atoms with Crippen LogP contribution >= 0.6 is 11.8 Å². The number of hydrogen-bond acceptors (Lipinski definition) is 8. The van der Waals surface area contributed by atoms with E-state index in [1.54, 1.807) is 29.5 Å². The molecule has 2 aromatic rings. The highest BCUT2D eigenvalue weighted by molar-refractivity contribution is 8.00. The van der Waals surface area contributed by atoms with E-state index >= 15 is 0 Å². The molecule has 2 fully saturated rings. The van der Waals surface area contributed by atoms with Crippen molar-refractivity contribution < 1.29 is 18.7 Å². The number of carbonyl (C=O) groups excluding carboxylic acids is 2. The number of carbonyl (C=O) groups is 2. The number of anilines is 2. The fourth-order valence-electron chi connectivity index (χ4n) is 3.62. The molecular weight excluding hydrogens is 435 g/mol. The topological polar surface area (TPSA) is 104 Å². The zero-order valence-corrected chi connectivity index (χ0v) is 18.3. The van der Waals surface area contributed by atoms with Crippen LogP contribution in [0.15, 0.2) is 47.6 Å². The molecule has 9 nitrogen and oxygen atoms in total. The van der Waals surface area contributed by atoms with Gasteiger partial charge in [-0.2, -0.15) is 0 Å². The van der Waals surface area contributed by atoms with Gasteiger partial charge in [0.2, 0.25) is 5.91 Å². The fourth-order valence-corrected chi connectivity index (χ4v) is 4.38. The quantitative estimate of drug-likeness (QED) is 0.625. The van der Waals surface area contributed by atoms with Crippen molar-refractivity contribution in [1.82, 2.24) is 15.4 Å². The largest absolute Gasteiger partial charge is 0.443 e. The molecule has 32 heavy (non-hydrogen) atoms. The summed E-state index contributed by atoms with van der Waals surface area (Å²) in [5.74, 6) is -0.165. The van der Waals surface area contributed by atoms with Crippen LogP contribution in [0.2, 0.25) is 0 Å². The Balaban J connectivity index is 1.36. The van der Waals surface area contributed by atoms with E-state index in [4.69, 9.17) is 10.5 Å². The van der Waals surface area contributed by atoms with Crippen molar-refractivity contribution in [3.8, 4) is 0 Å². The van der Waals surface area contributed by atoms with E-state index in [1.807, 2.05) is 17.0 Å². The van der Waals surface area contributed by atoms with E-state index in [0.717, 1.165) is 4.90 Å². The summed E-state index contributed by atoms with van der Waals surface area (Å²) in [5, 5.41) is 1.59. The van der Waals surface area contributed by atoms with Crippen molar-refractivity contribution in [3.63, 3.8) is 0 Å². The molecule has 0 saturated carbocycles. The highest BCUT2D eigenvalue weighted by atomic mass is 32.2. The Bertz CT molecular complexity index is 966. The lowest BCUT2D eigenvalue weighted by molar-refractivity contribution is -0.131. The summed E-state index contributed by atoms with van der Waals surface area (Å²) in [6.45, 7) is 2.47. The molecule has 2 aliphatic rings. The van der Waals surface area contributed by atoms with Crippen LogP contribution in [-0.4, -0.2) is 73.1 Å². The molecule has 170 valence electrons. The Kier molecular flexibility index (Phi) is 7.08. The Hall–Kier alpha value is -2.89. The van der Waals surface area contributed by atoms with Gasteiger partial charge in [0.1, 0.15) is 11.9 Å². The predicted molar refractivity (Wildman–Crippen MR) is 120 cm³/mol. The number of aromatic nitrogens is 1. The van der Waals surface area contributed by atoms with Crippen LogP contribution in [-0.2, 0) is 9.53 Å². The van der Waals surface area contributed by atoms with Crippen LogP contribution in [0.5, 0.6) is 0 Å². The number of hydrazine groups is 1. The van der Waals surface area contributed by atoms with Gasteiger partial charge in [-0.15, -0.1) is 11.8 Å². The molecule has 3 N–H and O–H groups in total. The number of nitrogens with one attached hydrogen (secondary N) is 1. The number of rotatable bonds is 6. The Morgan fingerprint density at radius 2 is 2.06 bits per heavy atom. The third-order valence-electron chi connectivity index (χ3n) is 5.31. The van der Waals surface area contributed by atoms with Gasteiger partial charge < -0.3 is 15.4 Å². The first kappa shape index (κ1) is 22.3. The highest BCUT2D eigenvalue weighted by Crippen LogP contribution is 2.28. The molecular formula is C21H25FN6O3S. The van der Waals surface area contributed by atoms with E-state index in [0.29, 0.717) is 49.9 Å². The summed E-state index contributed by atoms with van der Waals surface area (Å²) in [4.78, 5) is 32.8. The maximum atomic E-state index is 14.9. The number of benzene rings is 1. The number of amides is 2. The minimum Gasteiger partial charge on any atom is -0.443 e. The molecule has 11 heteroatoms. The molecule has 2 aliphatic heterocycles. The molecule has 1 aromatic carbocycles. The number of thioether (sulfide) groups is 1. The molecule has 0 unspecified atom stereocenters. The van der Waals surface area contributed by atoms with E-state index in [1.165, 1.54) is 22.7 Å². The summed E-state index contributed by atoms with van der Waals surface area (Å²) in [6, 6.07) is 8.41. The zero-order valence-electron chi connectivity index (χ0n) is 17.4. The monoisotopic (exact) mass is 460 g/mol. The molecule has 1 atom stereocenters. The molecule has 1 aromatic heterocycles. The van der Waals surface area contributed by atoms with Gasteiger partial charge in [0.25, 0.3) is 0 Å². The van der Waals surface area contributed by atoms with E-state index in [-0.39, 0.29) is 18.6 Å². The van der Waals surface area contributed by atoms with Gasteiger partial charge in [-0.1, -0.05) is 0 Å². The second-order valence-corrected chi connectivity index (χ2v) is 8.45. The predicted octanol–water partition coefficient (Wildman–Crippen LogP) is 1.45. The minimum atomic E-state index is -0.523. The third kappa shape index (κ3) is 5.12. The van der Waals surface area contributed by atoms with Gasteiger partial charge in [0.15, 0.2) is 0 Å². The first-order valence-corrected chi connectivity index (χ1v) is 11.3. The number of ether oxygens (including phenoxy) is 1. The van der Waals surface area contributed by atoms with Crippen LogP contribution < -0.4 is 21.0 Å². The van der Waals surface area contributed by atoms with Crippen LogP contribution in [0.25, 0.3) is 0 Å². The summed E-state index contributed by atoms with van der Waals surface area (Å²) < 4.78 is 20.1. The number of cyclic esters (lactones) is 1. The average Bonchev–Trinajstić information content (AvgIpc) is 3.02. The summed E-state index contributed by atoms with van der Waals surface area (Å²) in [5.41, 5.74) is 9.55. The van der Waals surface area contributed by atoms with Crippen LogP contribution in [0, 0.1) is 5.82 Å². The number of nitrogens with two attached hydrogens (primary N) is 1. The van der Waals surface area contributed by atoms with Crippen LogP contribution in [0.4, 0.5) is 20.6 Å². The van der Waals surface area contributed by atoms with Gasteiger partial charge in [0, 0.05) is 43.5 Å². The SMILES string of the molecule is NC[C@H]1CN(c2ccc(N3CCNN(C(=O)CSc4ccncc4)CC3)c(F)c2)C(=O)O1. The highest BCUT2D eigenvalue weighted by Gasteiger charge is 2.32. The number of nitrogens with zero attached hydrogens (tertiary/aromatic N) is 4. The average molecular weight is 461 g/mol.